The Morgan fingerprint density at radius 3 is 2.57 bits per heavy atom. The molecule has 0 spiro atoms. The fourth-order valence-electron chi connectivity index (χ4n) is 1.07. The molecule has 0 aliphatic carbocycles. The van der Waals surface area contributed by atoms with Crippen LogP contribution in [0.3, 0.4) is 0 Å². The summed E-state index contributed by atoms with van der Waals surface area (Å²) in [5.41, 5.74) is 7.55. The summed E-state index contributed by atoms with van der Waals surface area (Å²) in [6.45, 7) is 0.872. The van der Waals surface area contributed by atoms with Crippen LogP contribution < -0.4 is 11.1 Å². The Balaban J connectivity index is 2.68. The smallest absolute Gasteiger partial charge is 0.103 e. The Hall–Kier alpha value is -1.19. The highest BCUT2D eigenvalue weighted by Gasteiger charge is 1.93. The van der Waals surface area contributed by atoms with Gasteiger partial charge in [-0.3, -0.25) is 0 Å². The zero-order valence-electron chi connectivity index (χ0n) is 8.16. The van der Waals surface area contributed by atoms with E-state index in [1.54, 1.807) is 0 Å². The molecule has 3 N–H and O–H groups in total. The van der Waals surface area contributed by atoms with Crippen molar-refractivity contribution in [2.75, 3.05) is 13.6 Å². The van der Waals surface area contributed by atoms with E-state index >= 15 is 0 Å². The van der Waals surface area contributed by atoms with Gasteiger partial charge in [-0.25, -0.2) is 0 Å². The summed E-state index contributed by atoms with van der Waals surface area (Å²) in [4.78, 5) is 0.441. The summed E-state index contributed by atoms with van der Waals surface area (Å²) in [5, 5.41) is 3.04. The van der Waals surface area contributed by atoms with Gasteiger partial charge in [0.05, 0.1) is 0 Å². The fourth-order valence-corrected chi connectivity index (χ4v) is 1.21. The first kappa shape index (κ1) is 10.9. The van der Waals surface area contributed by atoms with E-state index < -0.39 is 0 Å². The van der Waals surface area contributed by atoms with Crippen molar-refractivity contribution in [3.63, 3.8) is 0 Å². The molecule has 0 aromatic heterocycles. The van der Waals surface area contributed by atoms with Gasteiger partial charge in [0.2, 0.25) is 0 Å². The van der Waals surface area contributed by atoms with Crippen molar-refractivity contribution in [2.45, 2.75) is 0 Å². The highest BCUT2D eigenvalue weighted by atomic mass is 32.1. The lowest BCUT2D eigenvalue weighted by Gasteiger charge is -1.98. The first-order valence-electron chi connectivity index (χ1n) is 4.45. The molecule has 2 nitrogen and oxygen atoms in total. The summed E-state index contributed by atoms with van der Waals surface area (Å²) >= 11 is 4.86. The third kappa shape index (κ3) is 3.28. The van der Waals surface area contributed by atoms with E-state index in [0.717, 1.165) is 17.7 Å². The quantitative estimate of drug-likeness (QED) is 0.734. The zero-order valence-corrected chi connectivity index (χ0v) is 8.97. The molecular formula is C11H14N2S. The van der Waals surface area contributed by atoms with E-state index in [-0.39, 0.29) is 0 Å². The summed E-state index contributed by atoms with van der Waals surface area (Å²) < 4.78 is 0. The highest BCUT2D eigenvalue weighted by molar-refractivity contribution is 7.80. The molecule has 1 aromatic carbocycles. The van der Waals surface area contributed by atoms with Crippen LogP contribution >= 0.6 is 12.2 Å². The Kier molecular flexibility index (Phi) is 4.29. The van der Waals surface area contributed by atoms with Crippen molar-refractivity contribution in [1.29, 1.82) is 0 Å². The first-order chi connectivity index (χ1) is 6.74. The molecule has 1 rings (SSSR count). The number of rotatable bonds is 4. The lowest BCUT2D eigenvalue weighted by atomic mass is 10.1. The summed E-state index contributed by atoms with van der Waals surface area (Å²) in [6, 6.07) is 7.87. The number of hydrogen-bond acceptors (Lipinski definition) is 2. The lowest BCUT2D eigenvalue weighted by Crippen LogP contribution is -2.08. The number of likely N-dealkylation sites (N-methyl/N-ethyl adjacent to an activating group) is 1. The maximum Gasteiger partial charge on any atom is 0.103 e. The minimum absolute atomic E-state index is 0.441. The topological polar surface area (TPSA) is 38.0 Å². The van der Waals surface area contributed by atoms with Gasteiger partial charge in [0.25, 0.3) is 0 Å². The second-order valence-electron chi connectivity index (χ2n) is 2.95. The average molecular weight is 206 g/mol. The normalized spacial score (nSPS) is 10.6. The van der Waals surface area contributed by atoms with Crippen LogP contribution in [0.25, 0.3) is 6.08 Å². The molecule has 14 heavy (non-hydrogen) atoms. The van der Waals surface area contributed by atoms with E-state index in [9.17, 15) is 0 Å². The standard InChI is InChI=1S/C11H14N2S/c1-13-8-2-3-9-4-6-10(7-5-9)11(12)14/h2-7,13H,8H2,1H3,(H2,12,14). The number of thiocarbonyl (C=S) groups is 1. The molecule has 3 heteroatoms. The van der Waals surface area contributed by atoms with Crippen LogP contribution in [0.5, 0.6) is 0 Å². The Morgan fingerprint density at radius 2 is 2.07 bits per heavy atom. The van der Waals surface area contributed by atoms with Gasteiger partial charge in [0, 0.05) is 12.1 Å². The van der Waals surface area contributed by atoms with Crippen LogP contribution in [-0.4, -0.2) is 18.6 Å². The molecular weight excluding hydrogens is 192 g/mol. The van der Waals surface area contributed by atoms with Gasteiger partial charge in [-0.15, -0.1) is 0 Å². The maximum atomic E-state index is 5.49. The number of nitrogens with one attached hydrogen (secondary N) is 1. The van der Waals surface area contributed by atoms with Crippen molar-refractivity contribution in [3.8, 4) is 0 Å². The van der Waals surface area contributed by atoms with Crippen molar-refractivity contribution < 1.29 is 0 Å². The molecule has 0 saturated heterocycles. The van der Waals surface area contributed by atoms with E-state index in [4.69, 9.17) is 18.0 Å². The molecule has 0 heterocycles. The van der Waals surface area contributed by atoms with Crippen molar-refractivity contribution in [3.05, 3.63) is 41.5 Å². The molecule has 0 unspecified atom stereocenters. The maximum absolute atomic E-state index is 5.49. The van der Waals surface area contributed by atoms with E-state index in [1.807, 2.05) is 31.3 Å². The van der Waals surface area contributed by atoms with Gasteiger partial charge in [-0.1, -0.05) is 48.6 Å². The minimum atomic E-state index is 0.441. The lowest BCUT2D eigenvalue weighted by molar-refractivity contribution is 0.922. The van der Waals surface area contributed by atoms with Crippen LogP contribution in [0.15, 0.2) is 30.3 Å². The van der Waals surface area contributed by atoms with Crippen LogP contribution in [0.4, 0.5) is 0 Å². The molecule has 0 aliphatic rings. The van der Waals surface area contributed by atoms with Crippen LogP contribution in [0, 0.1) is 0 Å². The fraction of sp³-hybridized carbons (Fsp3) is 0.182. The van der Waals surface area contributed by atoms with Crippen molar-refractivity contribution >= 4 is 23.3 Å². The highest BCUT2D eigenvalue weighted by Crippen LogP contribution is 2.05. The number of nitrogens with two attached hydrogens (primary N) is 1. The third-order valence-electron chi connectivity index (χ3n) is 1.83. The summed E-state index contributed by atoms with van der Waals surface area (Å²) in [6.07, 6.45) is 4.12. The van der Waals surface area contributed by atoms with Gasteiger partial charge in [0.15, 0.2) is 0 Å². The number of hydrogen-bond donors (Lipinski definition) is 2. The SMILES string of the molecule is CNCC=Cc1ccc(C(N)=S)cc1. The van der Waals surface area contributed by atoms with Gasteiger partial charge in [0.1, 0.15) is 4.99 Å². The molecule has 0 fully saturated rings. The van der Waals surface area contributed by atoms with Crippen LogP contribution in [0.1, 0.15) is 11.1 Å². The van der Waals surface area contributed by atoms with Crippen molar-refractivity contribution in [1.82, 2.24) is 5.32 Å². The predicted molar refractivity (Wildman–Crippen MR) is 65.3 cm³/mol. The predicted octanol–water partition coefficient (Wildman–Crippen LogP) is 1.55. The Morgan fingerprint density at radius 1 is 1.43 bits per heavy atom. The molecule has 0 atom stereocenters. The molecule has 0 radical (unpaired) electrons. The average Bonchev–Trinajstić information content (AvgIpc) is 2.19. The van der Waals surface area contributed by atoms with Gasteiger partial charge in [-0.05, 0) is 12.6 Å². The molecule has 74 valence electrons. The van der Waals surface area contributed by atoms with Crippen molar-refractivity contribution in [2.24, 2.45) is 5.73 Å². The van der Waals surface area contributed by atoms with E-state index in [0.29, 0.717) is 4.99 Å². The minimum Gasteiger partial charge on any atom is -0.389 e. The number of benzene rings is 1. The van der Waals surface area contributed by atoms with E-state index in [1.165, 1.54) is 0 Å². The molecule has 1 aromatic rings. The van der Waals surface area contributed by atoms with Gasteiger partial charge < -0.3 is 11.1 Å². The molecule has 0 saturated carbocycles. The second-order valence-corrected chi connectivity index (χ2v) is 3.39. The zero-order chi connectivity index (χ0) is 10.4. The Labute approximate surface area is 89.8 Å². The van der Waals surface area contributed by atoms with Crippen LogP contribution in [-0.2, 0) is 0 Å². The Bertz CT molecular complexity index is 328. The molecule has 0 aliphatic heterocycles. The monoisotopic (exact) mass is 206 g/mol. The van der Waals surface area contributed by atoms with Gasteiger partial charge in [-0.2, -0.15) is 0 Å². The van der Waals surface area contributed by atoms with Crippen LogP contribution in [0.2, 0.25) is 0 Å². The molecule has 0 amide bonds. The second kappa shape index (κ2) is 5.52. The molecule has 0 bridgehead atoms. The van der Waals surface area contributed by atoms with Gasteiger partial charge >= 0.3 is 0 Å². The van der Waals surface area contributed by atoms with E-state index in [2.05, 4.69) is 17.5 Å². The summed E-state index contributed by atoms with van der Waals surface area (Å²) in [5.74, 6) is 0. The first-order valence-corrected chi connectivity index (χ1v) is 4.86. The third-order valence-corrected chi connectivity index (χ3v) is 2.06. The largest absolute Gasteiger partial charge is 0.389 e. The summed E-state index contributed by atoms with van der Waals surface area (Å²) in [7, 11) is 1.92.